The number of aliphatic hydroxyl groups excluding tert-OH is 1. The van der Waals surface area contributed by atoms with Crippen LogP contribution in [0.1, 0.15) is 37.8 Å². The molecular weight excluding hydrogens is 266 g/mol. The summed E-state index contributed by atoms with van der Waals surface area (Å²) >= 11 is 0. The zero-order chi connectivity index (χ0) is 15.9. The second kappa shape index (κ2) is 8.03. The Bertz CT molecular complexity index is 469. The minimum Gasteiger partial charge on any atom is -0.483 e. The molecule has 0 spiro atoms. The Morgan fingerprint density at radius 2 is 2.05 bits per heavy atom. The van der Waals surface area contributed by atoms with E-state index in [1.807, 2.05) is 32.0 Å². The molecule has 4 heteroatoms. The van der Waals surface area contributed by atoms with E-state index in [2.05, 4.69) is 19.2 Å². The minimum absolute atomic E-state index is 0.0162. The van der Waals surface area contributed by atoms with Crippen LogP contribution in [-0.4, -0.2) is 30.8 Å². The lowest BCUT2D eigenvalue weighted by Gasteiger charge is -2.24. The van der Waals surface area contributed by atoms with Crippen LogP contribution in [0.3, 0.4) is 0 Å². The third-order valence-electron chi connectivity index (χ3n) is 3.48. The van der Waals surface area contributed by atoms with E-state index in [0.29, 0.717) is 6.54 Å². The van der Waals surface area contributed by atoms with Crippen molar-refractivity contribution in [3.8, 4) is 5.75 Å². The summed E-state index contributed by atoms with van der Waals surface area (Å²) < 4.78 is 5.57. The van der Waals surface area contributed by atoms with Crippen molar-refractivity contribution in [3.63, 3.8) is 0 Å². The molecule has 21 heavy (non-hydrogen) atoms. The number of benzene rings is 1. The summed E-state index contributed by atoms with van der Waals surface area (Å²) in [7, 11) is 0. The summed E-state index contributed by atoms with van der Waals surface area (Å²) in [5, 5.41) is 11.7. The van der Waals surface area contributed by atoms with Gasteiger partial charge in [0, 0.05) is 13.2 Å². The fourth-order valence-electron chi connectivity index (χ4n) is 2.04. The number of ether oxygens (including phenoxy) is 1. The molecule has 1 aromatic rings. The molecule has 0 fully saturated rings. The van der Waals surface area contributed by atoms with Gasteiger partial charge >= 0.3 is 0 Å². The van der Waals surface area contributed by atoms with Gasteiger partial charge in [0.2, 0.25) is 0 Å². The number of rotatable bonds is 8. The molecule has 1 rings (SSSR count). The summed E-state index contributed by atoms with van der Waals surface area (Å²) in [4.78, 5) is 11.8. The summed E-state index contributed by atoms with van der Waals surface area (Å²) in [6.07, 6.45) is 1.63. The molecule has 1 amide bonds. The van der Waals surface area contributed by atoms with Crippen LogP contribution in [0.4, 0.5) is 0 Å². The van der Waals surface area contributed by atoms with Crippen LogP contribution in [0.15, 0.2) is 18.2 Å². The van der Waals surface area contributed by atoms with Gasteiger partial charge in [0.15, 0.2) is 6.61 Å². The van der Waals surface area contributed by atoms with Gasteiger partial charge in [0.05, 0.1) is 0 Å². The van der Waals surface area contributed by atoms with Crippen molar-refractivity contribution in [3.05, 3.63) is 29.3 Å². The van der Waals surface area contributed by atoms with Crippen molar-refractivity contribution in [2.45, 2.75) is 40.5 Å². The Hall–Kier alpha value is -1.55. The smallest absolute Gasteiger partial charge is 0.257 e. The third kappa shape index (κ3) is 6.63. The molecule has 0 heterocycles. The van der Waals surface area contributed by atoms with E-state index in [1.54, 1.807) is 0 Å². The second-order valence-electron chi connectivity index (χ2n) is 6.33. The van der Waals surface area contributed by atoms with E-state index >= 15 is 0 Å². The zero-order valence-electron chi connectivity index (χ0n) is 13.5. The standard InChI is InChI=1S/C17H27NO3/c1-13-6-7-14(2)15(10-13)21-11-16(20)18-12-17(3,4)8-5-9-19/h6-7,10,19H,5,8-9,11-12H2,1-4H3,(H,18,20). The summed E-state index contributed by atoms with van der Waals surface area (Å²) in [5.41, 5.74) is 2.12. The first-order valence-electron chi connectivity index (χ1n) is 7.42. The minimum atomic E-state index is -0.118. The maximum absolute atomic E-state index is 11.8. The van der Waals surface area contributed by atoms with Crippen molar-refractivity contribution < 1.29 is 14.6 Å². The molecule has 0 bridgehead atoms. The molecule has 0 aliphatic heterocycles. The quantitative estimate of drug-likeness (QED) is 0.774. The molecule has 0 unspecified atom stereocenters. The number of aliphatic hydroxyl groups is 1. The van der Waals surface area contributed by atoms with Gasteiger partial charge in [0.1, 0.15) is 5.75 Å². The molecule has 0 radical (unpaired) electrons. The molecule has 2 N–H and O–H groups in total. The van der Waals surface area contributed by atoms with E-state index in [0.717, 1.165) is 29.7 Å². The van der Waals surface area contributed by atoms with Gasteiger partial charge in [-0.1, -0.05) is 26.0 Å². The lowest BCUT2D eigenvalue weighted by Crippen LogP contribution is -2.36. The number of nitrogens with one attached hydrogen (secondary N) is 1. The van der Waals surface area contributed by atoms with Gasteiger partial charge < -0.3 is 15.2 Å². The molecular formula is C17H27NO3. The van der Waals surface area contributed by atoms with Crippen LogP contribution in [-0.2, 0) is 4.79 Å². The predicted molar refractivity (Wildman–Crippen MR) is 84.5 cm³/mol. The first-order valence-corrected chi connectivity index (χ1v) is 7.42. The molecule has 1 aromatic carbocycles. The number of aryl methyl sites for hydroxylation is 2. The number of amides is 1. The van der Waals surface area contributed by atoms with Crippen molar-refractivity contribution in [1.82, 2.24) is 5.32 Å². The molecule has 0 atom stereocenters. The summed E-state index contributed by atoms with van der Waals surface area (Å²) in [5.74, 6) is 0.637. The van der Waals surface area contributed by atoms with Gasteiger partial charge in [-0.3, -0.25) is 4.79 Å². The maximum Gasteiger partial charge on any atom is 0.257 e. The highest BCUT2D eigenvalue weighted by atomic mass is 16.5. The van der Waals surface area contributed by atoms with Crippen molar-refractivity contribution in [2.75, 3.05) is 19.8 Å². The summed E-state index contributed by atoms with van der Waals surface area (Å²) in [6.45, 7) is 8.92. The average molecular weight is 293 g/mol. The lowest BCUT2D eigenvalue weighted by molar-refractivity contribution is -0.123. The molecule has 0 aromatic heterocycles. The zero-order valence-corrected chi connectivity index (χ0v) is 13.5. The molecule has 118 valence electrons. The van der Waals surface area contributed by atoms with Crippen molar-refractivity contribution in [2.24, 2.45) is 5.41 Å². The molecule has 0 saturated heterocycles. The van der Waals surface area contributed by atoms with Gasteiger partial charge in [-0.05, 0) is 49.3 Å². The van der Waals surface area contributed by atoms with E-state index in [9.17, 15) is 4.79 Å². The monoisotopic (exact) mass is 293 g/mol. The second-order valence-corrected chi connectivity index (χ2v) is 6.33. The molecule has 0 aliphatic rings. The van der Waals surface area contributed by atoms with E-state index < -0.39 is 0 Å². The number of carbonyl (C=O) groups excluding carboxylic acids is 1. The third-order valence-corrected chi connectivity index (χ3v) is 3.48. The number of hydrogen-bond acceptors (Lipinski definition) is 3. The lowest BCUT2D eigenvalue weighted by atomic mass is 9.88. The van der Waals surface area contributed by atoms with E-state index in [-0.39, 0.29) is 24.5 Å². The Balaban J connectivity index is 2.39. The van der Waals surface area contributed by atoms with Crippen LogP contribution in [0.2, 0.25) is 0 Å². The van der Waals surface area contributed by atoms with Crippen LogP contribution in [0.5, 0.6) is 5.75 Å². The fourth-order valence-corrected chi connectivity index (χ4v) is 2.04. The van der Waals surface area contributed by atoms with Crippen LogP contribution in [0.25, 0.3) is 0 Å². The molecule has 0 aliphatic carbocycles. The highest BCUT2D eigenvalue weighted by molar-refractivity contribution is 5.77. The largest absolute Gasteiger partial charge is 0.483 e. The van der Waals surface area contributed by atoms with Gasteiger partial charge in [0.25, 0.3) is 5.91 Å². The van der Waals surface area contributed by atoms with Crippen molar-refractivity contribution >= 4 is 5.91 Å². The maximum atomic E-state index is 11.8. The van der Waals surface area contributed by atoms with Crippen LogP contribution < -0.4 is 10.1 Å². The van der Waals surface area contributed by atoms with Gasteiger partial charge in [-0.25, -0.2) is 0 Å². The average Bonchev–Trinajstić information content (AvgIpc) is 2.44. The summed E-state index contributed by atoms with van der Waals surface area (Å²) in [6, 6.07) is 5.94. The first kappa shape index (κ1) is 17.5. The highest BCUT2D eigenvalue weighted by Crippen LogP contribution is 2.21. The molecule has 4 nitrogen and oxygen atoms in total. The Morgan fingerprint density at radius 1 is 1.33 bits per heavy atom. The molecule has 0 saturated carbocycles. The predicted octanol–water partition coefficient (Wildman–Crippen LogP) is 2.60. The first-order chi connectivity index (χ1) is 9.84. The Labute approximate surface area is 127 Å². The van der Waals surface area contributed by atoms with Gasteiger partial charge in [-0.2, -0.15) is 0 Å². The topological polar surface area (TPSA) is 58.6 Å². The Kier molecular flexibility index (Phi) is 6.69. The highest BCUT2D eigenvalue weighted by Gasteiger charge is 2.18. The van der Waals surface area contributed by atoms with Gasteiger partial charge in [-0.15, -0.1) is 0 Å². The SMILES string of the molecule is Cc1ccc(C)c(OCC(=O)NCC(C)(C)CCCO)c1. The van der Waals surface area contributed by atoms with Crippen molar-refractivity contribution in [1.29, 1.82) is 0 Å². The number of carbonyl (C=O) groups is 1. The fraction of sp³-hybridized carbons (Fsp3) is 0.588. The van der Waals surface area contributed by atoms with E-state index in [4.69, 9.17) is 9.84 Å². The Morgan fingerprint density at radius 3 is 2.71 bits per heavy atom. The van der Waals surface area contributed by atoms with Crippen LogP contribution >= 0.6 is 0 Å². The normalized spacial score (nSPS) is 11.3. The number of hydrogen-bond donors (Lipinski definition) is 2. The van der Waals surface area contributed by atoms with Crippen LogP contribution in [0, 0.1) is 19.3 Å². The van der Waals surface area contributed by atoms with E-state index in [1.165, 1.54) is 0 Å².